The Morgan fingerprint density at radius 1 is 0.618 bits per heavy atom. The van der Waals surface area contributed by atoms with Crippen LogP contribution in [-0.4, -0.2) is 56.9 Å². The molecule has 0 saturated carbocycles. The maximum absolute atomic E-state index is 11.6. The summed E-state index contributed by atoms with van der Waals surface area (Å²) in [5.74, 6) is 2.28. The van der Waals surface area contributed by atoms with E-state index >= 15 is 0 Å². The molecule has 0 aliphatic carbocycles. The van der Waals surface area contributed by atoms with Crippen LogP contribution in [0.1, 0.15) is 122 Å². The molecule has 0 aromatic carbocycles. The molecule has 34 heavy (non-hydrogen) atoms. The van der Waals surface area contributed by atoms with Gasteiger partial charge in [-0.05, 0) is 24.3 Å². The third-order valence-corrected chi connectivity index (χ3v) is 7.83. The zero-order chi connectivity index (χ0) is 25.2. The number of hydrogen-bond donors (Lipinski definition) is 0. The average Bonchev–Trinajstić information content (AvgIpc) is 2.79. The van der Waals surface area contributed by atoms with Gasteiger partial charge in [0.05, 0.1) is 40.9 Å². The molecule has 0 aliphatic heterocycles. The van der Waals surface area contributed by atoms with E-state index in [1.54, 1.807) is 0 Å². The molecule has 7 heteroatoms. The topological polar surface area (TPSA) is 44.8 Å². The minimum atomic E-state index is -2.52. The van der Waals surface area contributed by atoms with Crippen molar-refractivity contribution >= 4 is 20.0 Å². The van der Waals surface area contributed by atoms with E-state index in [0.29, 0.717) is 13.2 Å². The zero-order valence-corrected chi connectivity index (χ0v) is 25.1. The molecule has 0 N–H and O–H groups in total. The lowest BCUT2D eigenvalue weighted by molar-refractivity contribution is -0.870. The van der Waals surface area contributed by atoms with Crippen molar-refractivity contribution in [2.75, 3.05) is 52.4 Å². The number of rotatable bonds is 28. The fourth-order valence-electron chi connectivity index (χ4n) is 3.88. The molecule has 1 atom stereocenters. The third kappa shape index (κ3) is 30.5. The normalized spacial score (nSPS) is 12.9. The SMILES string of the molecule is CCCCCCCCCCCCCCCCCCSCCCO[PH](=O)OOCCC[N+](C)(C)C. The summed E-state index contributed by atoms with van der Waals surface area (Å²) < 4.78 is 22.5. The molecule has 0 rings (SSSR count). The Morgan fingerprint density at radius 3 is 1.59 bits per heavy atom. The van der Waals surface area contributed by atoms with E-state index in [1.165, 1.54) is 108 Å². The van der Waals surface area contributed by atoms with Gasteiger partial charge in [-0.1, -0.05) is 103 Å². The maximum Gasteiger partial charge on any atom is 0.347 e. The molecule has 0 radical (unpaired) electrons. The predicted octanol–water partition coefficient (Wildman–Crippen LogP) is 8.82. The van der Waals surface area contributed by atoms with Gasteiger partial charge in [0.2, 0.25) is 0 Å². The van der Waals surface area contributed by atoms with Crippen molar-refractivity contribution in [2.45, 2.75) is 122 Å². The Labute approximate surface area is 217 Å². The molecule has 0 fully saturated rings. The van der Waals surface area contributed by atoms with Crippen LogP contribution in [0, 0.1) is 0 Å². The monoisotopic (exact) mass is 524 g/mol. The average molecular weight is 525 g/mol. The first-order valence-electron chi connectivity index (χ1n) is 14.3. The van der Waals surface area contributed by atoms with E-state index < -0.39 is 8.25 Å². The van der Waals surface area contributed by atoms with Gasteiger partial charge in [0.1, 0.15) is 0 Å². The highest BCUT2D eigenvalue weighted by molar-refractivity contribution is 7.99. The molecule has 0 bridgehead atoms. The minimum absolute atomic E-state index is 0.449. The highest BCUT2D eigenvalue weighted by atomic mass is 32.2. The second-order valence-electron chi connectivity index (χ2n) is 10.6. The standard InChI is InChI=1S/C27H59NO4PS/c1-5-6-7-8-9-10-11-12-13-14-15-16-17-18-19-20-26-34-27-22-25-31-33(29)32-30-24-21-23-28(2,3)4/h33H,5-27H2,1-4H3/q+1. The summed E-state index contributed by atoms with van der Waals surface area (Å²) in [6, 6.07) is 0. The van der Waals surface area contributed by atoms with Crippen LogP contribution in [0.3, 0.4) is 0 Å². The summed E-state index contributed by atoms with van der Waals surface area (Å²) >= 11 is 1.97. The van der Waals surface area contributed by atoms with Crippen LogP contribution in [0.4, 0.5) is 0 Å². The van der Waals surface area contributed by atoms with Crippen molar-refractivity contribution < 1.29 is 23.1 Å². The van der Waals surface area contributed by atoms with Crippen LogP contribution >= 0.6 is 20.0 Å². The van der Waals surface area contributed by atoms with Crippen molar-refractivity contribution in [1.29, 1.82) is 0 Å². The maximum atomic E-state index is 11.6. The van der Waals surface area contributed by atoms with E-state index in [0.717, 1.165) is 29.6 Å². The third-order valence-electron chi connectivity index (χ3n) is 5.98. The first-order valence-corrected chi connectivity index (χ1v) is 16.7. The van der Waals surface area contributed by atoms with Crippen LogP contribution in [0.25, 0.3) is 0 Å². The first-order chi connectivity index (χ1) is 16.5. The van der Waals surface area contributed by atoms with Crippen molar-refractivity contribution in [3.63, 3.8) is 0 Å². The fraction of sp³-hybridized carbons (Fsp3) is 1.00. The van der Waals surface area contributed by atoms with Gasteiger partial charge in [-0.15, -0.1) is 0 Å². The highest BCUT2D eigenvalue weighted by Gasteiger charge is 2.07. The van der Waals surface area contributed by atoms with Gasteiger partial charge < -0.3 is 9.01 Å². The minimum Gasteiger partial charge on any atom is -0.331 e. The number of nitrogens with zero attached hydrogens (tertiary/aromatic N) is 1. The molecular formula is C27H59NO4PS+. The molecule has 0 heterocycles. The van der Waals surface area contributed by atoms with Crippen LogP contribution in [-0.2, 0) is 18.7 Å². The van der Waals surface area contributed by atoms with E-state index in [4.69, 9.17) is 14.1 Å². The summed E-state index contributed by atoms with van der Waals surface area (Å²) in [5.41, 5.74) is 0. The Balaban J connectivity index is 3.14. The van der Waals surface area contributed by atoms with Crippen LogP contribution < -0.4 is 0 Å². The Kier molecular flexibility index (Phi) is 26.8. The lowest BCUT2D eigenvalue weighted by Gasteiger charge is -2.23. The number of thioether (sulfide) groups is 1. The number of unbranched alkanes of at least 4 members (excludes halogenated alkanes) is 15. The summed E-state index contributed by atoms with van der Waals surface area (Å²) in [5, 5.41) is 0. The molecule has 1 unspecified atom stereocenters. The van der Waals surface area contributed by atoms with Gasteiger partial charge in [0.15, 0.2) is 0 Å². The molecule has 206 valence electrons. The molecule has 5 nitrogen and oxygen atoms in total. The Hall–Kier alpha value is 0.420. The first kappa shape index (κ1) is 34.4. The van der Waals surface area contributed by atoms with Crippen molar-refractivity contribution in [3.8, 4) is 0 Å². The zero-order valence-electron chi connectivity index (χ0n) is 23.3. The largest absolute Gasteiger partial charge is 0.347 e. The van der Waals surface area contributed by atoms with Gasteiger partial charge in [-0.25, -0.2) is 4.89 Å². The molecular weight excluding hydrogens is 465 g/mol. The van der Waals surface area contributed by atoms with E-state index in [-0.39, 0.29) is 0 Å². The highest BCUT2D eigenvalue weighted by Crippen LogP contribution is 2.24. The van der Waals surface area contributed by atoms with Crippen LogP contribution in [0.5, 0.6) is 0 Å². The second kappa shape index (κ2) is 26.5. The lowest BCUT2D eigenvalue weighted by Crippen LogP contribution is -2.35. The van der Waals surface area contributed by atoms with Crippen molar-refractivity contribution in [1.82, 2.24) is 0 Å². The van der Waals surface area contributed by atoms with Gasteiger partial charge in [-0.2, -0.15) is 16.4 Å². The predicted molar refractivity (Wildman–Crippen MR) is 151 cm³/mol. The molecule has 0 aromatic rings. The fourth-order valence-corrected chi connectivity index (χ4v) is 5.36. The Bertz CT molecular complexity index is 435. The molecule has 0 spiro atoms. The van der Waals surface area contributed by atoms with Crippen LogP contribution in [0.15, 0.2) is 0 Å². The summed E-state index contributed by atoms with van der Waals surface area (Å²) in [6.07, 6.45) is 24.4. The van der Waals surface area contributed by atoms with E-state index in [1.807, 2.05) is 11.8 Å². The van der Waals surface area contributed by atoms with E-state index in [2.05, 4.69) is 28.1 Å². The number of hydrogen-bond acceptors (Lipinski definition) is 5. The Morgan fingerprint density at radius 2 is 1.09 bits per heavy atom. The van der Waals surface area contributed by atoms with Crippen molar-refractivity contribution in [2.24, 2.45) is 0 Å². The molecule has 0 aliphatic rings. The summed E-state index contributed by atoms with van der Waals surface area (Å²) in [4.78, 5) is 4.98. The van der Waals surface area contributed by atoms with Gasteiger partial charge in [-0.3, -0.25) is 4.57 Å². The van der Waals surface area contributed by atoms with Crippen molar-refractivity contribution in [3.05, 3.63) is 0 Å². The summed E-state index contributed by atoms with van der Waals surface area (Å²) in [7, 11) is 3.87. The van der Waals surface area contributed by atoms with E-state index in [9.17, 15) is 4.57 Å². The van der Waals surface area contributed by atoms with Gasteiger partial charge in [0.25, 0.3) is 0 Å². The van der Waals surface area contributed by atoms with Gasteiger partial charge >= 0.3 is 8.25 Å². The molecule has 0 aromatic heterocycles. The molecule has 0 saturated heterocycles. The smallest absolute Gasteiger partial charge is 0.331 e. The van der Waals surface area contributed by atoms with Crippen LogP contribution in [0.2, 0.25) is 0 Å². The quantitative estimate of drug-likeness (QED) is 0.0336. The summed E-state index contributed by atoms with van der Waals surface area (Å²) in [6.45, 7) is 4.20. The van der Waals surface area contributed by atoms with Gasteiger partial charge in [0, 0.05) is 6.42 Å². The molecule has 0 amide bonds. The lowest BCUT2D eigenvalue weighted by atomic mass is 10.0. The number of quaternary nitrogens is 1. The second-order valence-corrected chi connectivity index (χ2v) is 12.8.